The molecule has 0 bridgehead atoms. The maximum atomic E-state index is 3.68. The second-order valence-electron chi connectivity index (χ2n) is 5.98. The van der Waals surface area contributed by atoms with Gasteiger partial charge in [-0.2, -0.15) is 0 Å². The van der Waals surface area contributed by atoms with Crippen LogP contribution in [0.15, 0.2) is 89.4 Å². The molecule has 0 aliphatic rings. The summed E-state index contributed by atoms with van der Waals surface area (Å²) in [6.07, 6.45) is 0. The molecule has 1 aromatic heterocycles. The van der Waals surface area contributed by atoms with Crippen molar-refractivity contribution in [2.75, 3.05) is 0 Å². The monoisotopic (exact) mass is 371 g/mol. The molecule has 5 rings (SSSR count). The number of rotatable bonds is 1. The van der Waals surface area contributed by atoms with Crippen LogP contribution in [-0.2, 0) is 0 Å². The summed E-state index contributed by atoms with van der Waals surface area (Å²) >= 11 is 3.68. The van der Waals surface area contributed by atoms with Gasteiger partial charge < -0.3 is 4.57 Å². The number of aromatic nitrogens is 1. The van der Waals surface area contributed by atoms with Crippen LogP contribution in [0.3, 0.4) is 0 Å². The fourth-order valence-electron chi connectivity index (χ4n) is 3.63. The molecule has 0 aliphatic heterocycles. The lowest BCUT2D eigenvalue weighted by Crippen LogP contribution is -1.95. The summed E-state index contributed by atoms with van der Waals surface area (Å²) in [4.78, 5) is 0. The Kier molecular flexibility index (Phi) is 3.00. The molecule has 4 aromatic carbocycles. The van der Waals surface area contributed by atoms with Gasteiger partial charge >= 0.3 is 0 Å². The normalized spacial score (nSPS) is 11.5. The summed E-state index contributed by atoms with van der Waals surface area (Å²) in [5.41, 5.74) is 3.70. The summed E-state index contributed by atoms with van der Waals surface area (Å²) in [5.74, 6) is 0. The first-order chi connectivity index (χ1) is 11.8. The maximum absolute atomic E-state index is 3.68. The Labute approximate surface area is 148 Å². The predicted octanol–water partition coefficient (Wildman–Crippen LogP) is 6.70. The first-order valence-electron chi connectivity index (χ1n) is 8.00. The van der Waals surface area contributed by atoms with Crippen molar-refractivity contribution in [1.29, 1.82) is 0 Å². The van der Waals surface area contributed by atoms with Crippen LogP contribution < -0.4 is 0 Å². The Morgan fingerprint density at radius 2 is 1.04 bits per heavy atom. The molecule has 0 atom stereocenters. The average Bonchev–Trinajstić information content (AvgIpc) is 2.96. The highest BCUT2D eigenvalue weighted by Gasteiger charge is 2.13. The molecule has 0 unspecified atom stereocenters. The van der Waals surface area contributed by atoms with Gasteiger partial charge in [-0.25, -0.2) is 0 Å². The molecule has 0 saturated carbocycles. The van der Waals surface area contributed by atoms with Crippen molar-refractivity contribution in [2.24, 2.45) is 0 Å². The number of hydrogen-bond donors (Lipinski definition) is 0. The summed E-state index contributed by atoms with van der Waals surface area (Å²) in [6, 6.07) is 30.1. The molecular weight excluding hydrogens is 358 g/mol. The lowest BCUT2D eigenvalue weighted by molar-refractivity contribution is 1.20. The molecular formula is C22H14BrN. The molecule has 1 nitrogen and oxygen atoms in total. The van der Waals surface area contributed by atoms with Crippen molar-refractivity contribution in [3.63, 3.8) is 0 Å². The van der Waals surface area contributed by atoms with Gasteiger partial charge in [-0.3, -0.25) is 0 Å². The topological polar surface area (TPSA) is 4.93 Å². The highest BCUT2D eigenvalue weighted by atomic mass is 79.9. The Bertz CT molecular complexity index is 1160. The van der Waals surface area contributed by atoms with E-state index >= 15 is 0 Å². The maximum Gasteiger partial charge on any atom is 0.0541 e. The van der Waals surface area contributed by atoms with Gasteiger partial charge in [-0.1, -0.05) is 76.6 Å². The van der Waals surface area contributed by atoms with Gasteiger partial charge in [0, 0.05) is 20.6 Å². The van der Waals surface area contributed by atoms with Crippen molar-refractivity contribution in [3.8, 4) is 5.69 Å². The van der Waals surface area contributed by atoms with Crippen LogP contribution >= 0.6 is 15.9 Å². The van der Waals surface area contributed by atoms with E-state index in [9.17, 15) is 0 Å². The van der Waals surface area contributed by atoms with Crippen molar-refractivity contribution < 1.29 is 0 Å². The number of fused-ring (bicyclic) bond motifs is 4. The van der Waals surface area contributed by atoms with E-state index in [-0.39, 0.29) is 0 Å². The van der Waals surface area contributed by atoms with Gasteiger partial charge in [-0.05, 0) is 29.7 Å². The molecule has 0 aliphatic carbocycles. The van der Waals surface area contributed by atoms with Crippen molar-refractivity contribution >= 4 is 48.5 Å². The Morgan fingerprint density at radius 3 is 1.75 bits per heavy atom. The fourth-order valence-corrected chi connectivity index (χ4v) is 4.13. The lowest BCUT2D eigenvalue weighted by Gasteiger charge is -2.12. The molecule has 24 heavy (non-hydrogen) atoms. The van der Waals surface area contributed by atoms with Crippen LogP contribution in [0.2, 0.25) is 0 Å². The highest BCUT2D eigenvalue weighted by Crippen LogP contribution is 2.35. The Morgan fingerprint density at radius 1 is 0.500 bits per heavy atom. The van der Waals surface area contributed by atoms with Gasteiger partial charge in [-0.15, -0.1) is 0 Å². The predicted molar refractivity (Wildman–Crippen MR) is 106 cm³/mol. The van der Waals surface area contributed by atoms with Crippen molar-refractivity contribution in [2.45, 2.75) is 0 Å². The standard InChI is InChI=1S/C22H14BrN/c23-19-11-5-10-16-15(19)9-6-14-22(16)24-20-12-3-1-7-17(20)18-8-2-4-13-21(18)24/h1-14H. The fraction of sp³-hybridized carbons (Fsp3) is 0. The minimum Gasteiger partial charge on any atom is -0.309 e. The van der Waals surface area contributed by atoms with Crippen molar-refractivity contribution in [1.82, 2.24) is 4.57 Å². The zero-order chi connectivity index (χ0) is 16.1. The average molecular weight is 372 g/mol. The molecule has 0 radical (unpaired) electrons. The molecule has 2 heteroatoms. The highest BCUT2D eigenvalue weighted by molar-refractivity contribution is 9.10. The van der Waals surface area contributed by atoms with E-state index in [1.807, 2.05) is 0 Å². The first kappa shape index (κ1) is 13.8. The molecule has 1 heterocycles. The van der Waals surface area contributed by atoms with E-state index in [2.05, 4.69) is 105 Å². The van der Waals surface area contributed by atoms with E-state index < -0.39 is 0 Å². The number of para-hydroxylation sites is 2. The Hall–Kier alpha value is -2.58. The van der Waals surface area contributed by atoms with Gasteiger partial charge in [0.1, 0.15) is 0 Å². The summed E-state index contributed by atoms with van der Waals surface area (Å²) in [5, 5.41) is 5.07. The summed E-state index contributed by atoms with van der Waals surface area (Å²) < 4.78 is 3.50. The van der Waals surface area contributed by atoms with Crippen LogP contribution in [0.1, 0.15) is 0 Å². The minimum atomic E-state index is 1.13. The molecule has 0 spiro atoms. The van der Waals surface area contributed by atoms with Gasteiger partial charge in [0.05, 0.1) is 16.7 Å². The summed E-state index contributed by atoms with van der Waals surface area (Å²) in [6.45, 7) is 0. The van der Waals surface area contributed by atoms with Gasteiger partial charge in [0.25, 0.3) is 0 Å². The quantitative estimate of drug-likeness (QED) is 0.309. The largest absolute Gasteiger partial charge is 0.309 e. The van der Waals surface area contributed by atoms with Crippen LogP contribution in [0.4, 0.5) is 0 Å². The molecule has 5 aromatic rings. The van der Waals surface area contributed by atoms with Crippen LogP contribution in [0, 0.1) is 0 Å². The van der Waals surface area contributed by atoms with E-state index in [0.717, 1.165) is 4.47 Å². The lowest BCUT2D eigenvalue weighted by atomic mass is 10.1. The summed E-state index contributed by atoms with van der Waals surface area (Å²) in [7, 11) is 0. The van der Waals surface area contributed by atoms with E-state index in [0.29, 0.717) is 0 Å². The minimum absolute atomic E-state index is 1.13. The van der Waals surface area contributed by atoms with Crippen LogP contribution in [-0.4, -0.2) is 4.57 Å². The zero-order valence-corrected chi connectivity index (χ0v) is 14.5. The second kappa shape index (κ2) is 5.22. The second-order valence-corrected chi connectivity index (χ2v) is 6.84. The molecule has 114 valence electrons. The molecule has 0 fully saturated rings. The van der Waals surface area contributed by atoms with E-state index in [1.165, 1.54) is 38.3 Å². The third-order valence-electron chi connectivity index (χ3n) is 4.67. The third kappa shape index (κ3) is 1.87. The van der Waals surface area contributed by atoms with Crippen molar-refractivity contribution in [3.05, 3.63) is 89.4 Å². The number of hydrogen-bond acceptors (Lipinski definition) is 0. The molecule has 0 N–H and O–H groups in total. The number of halogens is 1. The molecule has 0 amide bonds. The number of nitrogens with zero attached hydrogens (tertiary/aromatic N) is 1. The van der Waals surface area contributed by atoms with Crippen LogP contribution in [0.25, 0.3) is 38.3 Å². The zero-order valence-electron chi connectivity index (χ0n) is 12.9. The first-order valence-corrected chi connectivity index (χ1v) is 8.80. The van der Waals surface area contributed by atoms with Gasteiger partial charge in [0.15, 0.2) is 0 Å². The Balaban J connectivity index is 2.02. The SMILES string of the molecule is Brc1cccc2c(-n3c4ccccc4c4ccccc43)cccc12. The third-order valence-corrected chi connectivity index (χ3v) is 5.36. The molecule has 0 saturated heterocycles. The van der Waals surface area contributed by atoms with Crippen LogP contribution in [0.5, 0.6) is 0 Å². The van der Waals surface area contributed by atoms with E-state index in [4.69, 9.17) is 0 Å². The smallest absolute Gasteiger partial charge is 0.0541 e. The van der Waals surface area contributed by atoms with E-state index in [1.54, 1.807) is 0 Å². The number of benzene rings is 4. The van der Waals surface area contributed by atoms with Gasteiger partial charge in [0.2, 0.25) is 0 Å².